The van der Waals surface area contributed by atoms with Crippen LogP contribution in [0, 0.1) is 107 Å². The Bertz CT molecular complexity index is 2420. The maximum absolute atomic E-state index is 12.8. The van der Waals surface area contributed by atoms with E-state index in [9.17, 15) is 10.2 Å². The van der Waals surface area contributed by atoms with Crippen molar-refractivity contribution in [1.29, 1.82) is 0 Å². The summed E-state index contributed by atoms with van der Waals surface area (Å²) in [6, 6.07) is 0. The molecule has 7 nitrogen and oxygen atoms in total. The van der Waals surface area contributed by atoms with Gasteiger partial charge in [-0.15, -0.1) is 0 Å². The lowest BCUT2D eigenvalue weighted by molar-refractivity contribution is -0.266. The van der Waals surface area contributed by atoms with Gasteiger partial charge in [-0.25, -0.2) is 0 Å². The van der Waals surface area contributed by atoms with E-state index in [1.165, 1.54) is 257 Å². The summed E-state index contributed by atoms with van der Waals surface area (Å²) in [5.74, 6) is 13.4. The lowest BCUT2D eigenvalue weighted by Gasteiger charge is -2.48. The van der Waals surface area contributed by atoms with Gasteiger partial charge in [-0.3, -0.25) is 0 Å². The van der Waals surface area contributed by atoms with Gasteiger partial charge in [0.1, 0.15) is 0 Å². The van der Waals surface area contributed by atoms with Gasteiger partial charge in [0.15, 0.2) is 0 Å². The van der Waals surface area contributed by atoms with E-state index >= 15 is 0 Å². The summed E-state index contributed by atoms with van der Waals surface area (Å²) < 4.78 is 40.2. The second kappa shape index (κ2) is 65.6. The van der Waals surface area contributed by atoms with Gasteiger partial charge in [0.25, 0.3) is 0 Å². The van der Waals surface area contributed by atoms with E-state index in [0.29, 0.717) is 35.5 Å². The molecule has 7 heteroatoms. The minimum absolute atomic E-state index is 0.127. The van der Waals surface area contributed by atoms with Crippen LogP contribution in [-0.2, 0) is 23.7 Å². The summed E-state index contributed by atoms with van der Waals surface area (Å²) in [5, 5.41) is 25.6. The first-order valence-electron chi connectivity index (χ1n) is 57.6. The Morgan fingerprint density at radius 3 is 0.449 bits per heavy atom. The summed E-state index contributed by atoms with van der Waals surface area (Å²) in [6.07, 6.45) is 71.3. The third-order valence-electron chi connectivity index (χ3n) is 33.6. The minimum atomic E-state index is -0.911. The van der Waals surface area contributed by atoms with Gasteiger partial charge in [-0.2, -0.15) is 0 Å². The molecule has 0 aromatic heterocycles. The van der Waals surface area contributed by atoms with Crippen LogP contribution in [0.1, 0.15) is 593 Å². The second-order valence-electron chi connectivity index (χ2n) is 51.4. The molecule has 127 heavy (non-hydrogen) atoms. The van der Waals surface area contributed by atoms with E-state index in [1.54, 1.807) is 0 Å². The molecule has 0 aromatic carbocycles. The third-order valence-corrected chi connectivity index (χ3v) is 33.6. The molecule has 24 atom stereocenters. The predicted molar refractivity (Wildman–Crippen MR) is 559 cm³/mol. The van der Waals surface area contributed by atoms with E-state index in [1.807, 2.05) is 0 Å². The van der Waals surface area contributed by atoms with Gasteiger partial charge >= 0.3 is 0 Å². The lowest BCUT2D eigenvalue weighted by atomic mass is 9.82. The Hall–Kier alpha value is -0.280. The molecule has 3 heterocycles. The predicted octanol–water partition coefficient (Wildman–Crippen LogP) is 37.8. The largest absolute Gasteiger partial charge is 0.387 e. The first-order valence-corrected chi connectivity index (χ1v) is 57.6. The monoisotopic (exact) mass is 1790 g/mol. The van der Waals surface area contributed by atoms with Gasteiger partial charge in [0.2, 0.25) is 0 Å². The normalized spacial score (nSPS) is 23.8. The standard InChI is InChI=1S/C120H236O7/c1-91(2)49-31-55-97(13)61-37-67-103(19)73-43-85-115(25,121)109-79-81-111(123-109)117(27,87-45-75-105(21)69-39-63-99(15)57-33-51-93(5)6)126-119(29,89-47-77-107(23)71-41-65-101(17)59-35-53-95(9)10)113-83-84-114(125-113)120(30,90-48-78-108(24)72-42-66-102(18)60-36-54-96(11)12)127-118(28,88-46-76-106(22)70-40-64-100(16)58-34-52-94(7)8)112-82-80-110(124-112)116(26,122)86-44-74-104(20)68-38-62-98(14)56-32-50-92(3)4/h91-114,121-122H,31-90H2,1-30H3. The minimum Gasteiger partial charge on any atom is -0.387 e. The Morgan fingerprint density at radius 1 is 0.181 bits per heavy atom. The highest BCUT2D eigenvalue weighted by Gasteiger charge is 2.56. The van der Waals surface area contributed by atoms with E-state index in [4.69, 9.17) is 23.7 Å². The van der Waals surface area contributed by atoms with Crippen molar-refractivity contribution in [3.05, 3.63) is 0 Å². The van der Waals surface area contributed by atoms with Crippen molar-refractivity contribution < 1.29 is 33.9 Å². The van der Waals surface area contributed by atoms with Gasteiger partial charge in [-0.05, 0) is 225 Å². The molecular formula is C120H236O7. The first kappa shape index (κ1) is 121. The quantitative estimate of drug-likeness (QED) is 0.0627. The molecule has 3 rings (SSSR count). The van der Waals surface area contributed by atoms with Crippen LogP contribution < -0.4 is 0 Å². The second-order valence-corrected chi connectivity index (χ2v) is 51.4. The molecule has 3 saturated heterocycles. The van der Waals surface area contributed by atoms with Gasteiger partial charge < -0.3 is 33.9 Å². The molecule has 0 spiro atoms. The van der Waals surface area contributed by atoms with E-state index in [-0.39, 0.29) is 36.6 Å². The zero-order valence-corrected chi connectivity index (χ0v) is 92.2. The molecule has 0 aliphatic carbocycles. The molecule has 0 saturated carbocycles. The van der Waals surface area contributed by atoms with Crippen LogP contribution in [0.3, 0.4) is 0 Å². The van der Waals surface area contributed by atoms with Crippen LogP contribution in [0.25, 0.3) is 0 Å². The molecule has 0 aromatic rings. The molecular weight excluding hydrogens is 1550 g/mol. The number of rotatable bonds is 82. The Balaban J connectivity index is 2.19. The number of hydrogen-bond donors (Lipinski definition) is 2. The first-order chi connectivity index (χ1) is 59.8. The Kier molecular flexibility index (Phi) is 62.4. The SMILES string of the molecule is CC(C)CCCC(C)CCCC(C)CCCC(C)(O)C1CCC(C(C)(CCCC(C)CCCC(C)CCCC(C)C)OC(C)(CCCC(C)CCCC(C)CCCC(C)C)C2CCC(C(C)(CCCC(C)CCCC(C)CCCC(C)C)OC(C)(CCCC(C)CCCC(C)CCCC(C)C)C3CCC(C(C)(O)CCCC(C)CCCC(C)CCCC(C)C)O3)O2)O1. The molecule has 0 bridgehead atoms. The van der Waals surface area contributed by atoms with Crippen LogP contribution >= 0.6 is 0 Å². The molecule has 2 N–H and O–H groups in total. The summed E-state index contributed by atoms with van der Waals surface area (Å²) in [5.41, 5.74) is -4.20. The van der Waals surface area contributed by atoms with Crippen molar-refractivity contribution >= 4 is 0 Å². The summed E-state index contributed by atoms with van der Waals surface area (Å²) in [4.78, 5) is 0. The smallest absolute Gasteiger partial charge is 0.0923 e. The number of hydrogen-bond acceptors (Lipinski definition) is 7. The molecule has 0 amide bonds. The van der Waals surface area contributed by atoms with E-state index in [2.05, 4.69) is 208 Å². The van der Waals surface area contributed by atoms with Crippen LogP contribution in [0.2, 0.25) is 0 Å². The molecule has 3 aliphatic rings. The van der Waals surface area contributed by atoms with Crippen LogP contribution in [0.15, 0.2) is 0 Å². The van der Waals surface area contributed by atoms with Crippen molar-refractivity contribution in [2.24, 2.45) is 107 Å². The number of aliphatic hydroxyl groups is 2. The van der Waals surface area contributed by atoms with Crippen LogP contribution in [-0.4, -0.2) is 80.4 Å². The summed E-state index contributed by atoms with van der Waals surface area (Å²) >= 11 is 0. The van der Waals surface area contributed by atoms with Crippen molar-refractivity contribution in [3.8, 4) is 0 Å². The lowest BCUT2D eigenvalue weighted by Crippen LogP contribution is -2.56. The molecule has 3 fully saturated rings. The van der Waals surface area contributed by atoms with Gasteiger partial charge in [-0.1, -0.05) is 474 Å². The van der Waals surface area contributed by atoms with Crippen molar-refractivity contribution in [1.82, 2.24) is 0 Å². The zero-order valence-electron chi connectivity index (χ0n) is 92.2. The highest BCUT2D eigenvalue weighted by molar-refractivity contribution is 5.05. The topological polar surface area (TPSA) is 86.6 Å². The highest BCUT2D eigenvalue weighted by atomic mass is 16.6. The Morgan fingerprint density at radius 2 is 0.299 bits per heavy atom. The van der Waals surface area contributed by atoms with Crippen LogP contribution in [0.5, 0.6) is 0 Å². The van der Waals surface area contributed by atoms with Crippen molar-refractivity contribution in [2.75, 3.05) is 0 Å². The number of ether oxygens (including phenoxy) is 5. The fourth-order valence-corrected chi connectivity index (χ4v) is 23.8. The maximum atomic E-state index is 12.8. The fraction of sp³-hybridized carbons (Fsp3) is 1.00. The zero-order chi connectivity index (χ0) is 94.8. The maximum Gasteiger partial charge on any atom is 0.0923 e. The molecule has 0 radical (unpaired) electrons. The van der Waals surface area contributed by atoms with Crippen molar-refractivity contribution in [3.63, 3.8) is 0 Å². The average Bonchev–Trinajstić information content (AvgIpc) is 1.63. The van der Waals surface area contributed by atoms with Gasteiger partial charge in [0.05, 0.1) is 70.2 Å². The fourth-order valence-electron chi connectivity index (χ4n) is 23.8. The van der Waals surface area contributed by atoms with E-state index in [0.717, 1.165) is 199 Å². The van der Waals surface area contributed by atoms with Crippen molar-refractivity contribution in [2.45, 2.75) is 663 Å². The molecule has 758 valence electrons. The summed E-state index contributed by atoms with van der Waals surface area (Å²) in [6.45, 7) is 72.7. The summed E-state index contributed by atoms with van der Waals surface area (Å²) in [7, 11) is 0. The Labute approximate surface area is 798 Å². The highest BCUT2D eigenvalue weighted by Crippen LogP contribution is 2.50. The van der Waals surface area contributed by atoms with E-state index < -0.39 is 33.6 Å². The molecule has 24 unspecified atom stereocenters. The van der Waals surface area contributed by atoms with Gasteiger partial charge in [0, 0.05) is 0 Å². The molecule has 3 aliphatic heterocycles. The third kappa shape index (κ3) is 54.0. The van der Waals surface area contributed by atoms with Crippen LogP contribution in [0.4, 0.5) is 0 Å². The average molecular weight is 1790 g/mol.